The van der Waals surface area contributed by atoms with Crippen molar-refractivity contribution in [2.75, 3.05) is 7.11 Å². The lowest BCUT2D eigenvalue weighted by Crippen LogP contribution is -2.20. The summed E-state index contributed by atoms with van der Waals surface area (Å²) >= 11 is 0. The fourth-order valence-corrected chi connectivity index (χ4v) is 2.02. The van der Waals surface area contributed by atoms with Gasteiger partial charge in [-0.2, -0.15) is 5.10 Å². The smallest absolute Gasteiger partial charge is 0.244 e. The molecule has 122 valence electrons. The van der Waals surface area contributed by atoms with Crippen LogP contribution in [-0.4, -0.2) is 28.2 Å². The number of aromatic amines is 1. The second-order valence-electron chi connectivity index (χ2n) is 4.90. The molecule has 0 aliphatic heterocycles. The van der Waals surface area contributed by atoms with Crippen LogP contribution >= 0.6 is 0 Å². The predicted octanol–water partition coefficient (Wildman–Crippen LogP) is 2.40. The number of amides is 1. The first-order valence-electron chi connectivity index (χ1n) is 7.30. The third-order valence-electron chi connectivity index (χ3n) is 3.25. The SMILES string of the molecule is COc1ccc(-c2n[nH]c(CNC(=O)/C=C/c3ccco3)n2)cc1. The minimum atomic E-state index is -0.242. The number of carbonyl (C=O) groups is 1. The number of aromatic nitrogens is 3. The largest absolute Gasteiger partial charge is 0.497 e. The van der Waals surface area contributed by atoms with Gasteiger partial charge in [-0.25, -0.2) is 4.98 Å². The minimum absolute atomic E-state index is 0.242. The summed E-state index contributed by atoms with van der Waals surface area (Å²) in [5.74, 6) is 2.28. The third-order valence-corrected chi connectivity index (χ3v) is 3.25. The standard InChI is InChI=1S/C17H16N4O3/c1-23-13-6-4-12(5-7-13)17-19-15(20-21-17)11-18-16(22)9-8-14-3-2-10-24-14/h2-10H,11H2,1H3,(H,18,22)(H,19,20,21)/b9-8+. The van der Waals surface area contributed by atoms with Crippen molar-refractivity contribution in [2.45, 2.75) is 6.54 Å². The second kappa shape index (κ2) is 7.28. The molecule has 0 aliphatic rings. The first-order valence-corrected chi connectivity index (χ1v) is 7.30. The number of ether oxygens (including phenoxy) is 1. The molecule has 2 heterocycles. The molecule has 0 radical (unpaired) electrons. The molecule has 0 unspecified atom stereocenters. The number of rotatable bonds is 6. The molecule has 2 N–H and O–H groups in total. The van der Waals surface area contributed by atoms with Crippen molar-refractivity contribution in [2.24, 2.45) is 0 Å². The molecule has 1 aromatic carbocycles. The van der Waals surface area contributed by atoms with Crippen LogP contribution in [0.25, 0.3) is 17.5 Å². The van der Waals surface area contributed by atoms with Gasteiger partial charge in [0.25, 0.3) is 0 Å². The Bertz CT molecular complexity index is 820. The average Bonchev–Trinajstić information content (AvgIpc) is 3.30. The van der Waals surface area contributed by atoms with Gasteiger partial charge in [0.05, 0.1) is 19.9 Å². The highest BCUT2D eigenvalue weighted by Gasteiger charge is 2.07. The number of methoxy groups -OCH3 is 1. The monoisotopic (exact) mass is 324 g/mol. The van der Waals surface area contributed by atoms with Crippen molar-refractivity contribution in [3.8, 4) is 17.1 Å². The molecule has 3 aromatic rings. The molecule has 24 heavy (non-hydrogen) atoms. The Kier molecular flexibility index (Phi) is 4.71. The van der Waals surface area contributed by atoms with Gasteiger partial charge in [0.15, 0.2) is 5.82 Å². The summed E-state index contributed by atoms with van der Waals surface area (Å²) in [6, 6.07) is 10.9. The van der Waals surface area contributed by atoms with E-state index >= 15 is 0 Å². The molecule has 0 saturated carbocycles. The quantitative estimate of drug-likeness (QED) is 0.679. The molecule has 0 saturated heterocycles. The van der Waals surface area contributed by atoms with E-state index in [9.17, 15) is 4.79 Å². The molecule has 3 rings (SSSR count). The normalized spacial score (nSPS) is 10.9. The Morgan fingerprint density at radius 3 is 2.88 bits per heavy atom. The van der Waals surface area contributed by atoms with Crippen LogP contribution in [0, 0.1) is 0 Å². The zero-order valence-electron chi connectivity index (χ0n) is 13.0. The van der Waals surface area contributed by atoms with E-state index in [1.54, 1.807) is 31.6 Å². The van der Waals surface area contributed by atoms with Crippen molar-refractivity contribution < 1.29 is 13.9 Å². The molecule has 2 aromatic heterocycles. The van der Waals surface area contributed by atoms with Crippen LogP contribution in [0.2, 0.25) is 0 Å². The summed E-state index contributed by atoms with van der Waals surface area (Å²) in [5.41, 5.74) is 0.863. The summed E-state index contributed by atoms with van der Waals surface area (Å²) in [6.07, 6.45) is 4.55. The molecule has 0 atom stereocenters. The van der Waals surface area contributed by atoms with E-state index in [0.717, 1.165) is 11.3 Å². The Hall–Kier alpha value is -3.35. The van der Waals surface area contributed by atoms with Gasteiger partial charge in [-0.15, -0.1) is 0 Å². The summed E-state index contributed by atoms with van der Waals surface area (Å²) in [6.45, 7) is 0.254. The minimum Gasteiger partial charge on any atom is -0.497 e. The van der Waals surface area contributed by atoms with E-state index in [1.807, 2.05) is 24.3 Å². The van der Waals surface area contributed by atoms with Crippen LogP contribution in [0.5, 0.6) is 5.75 Å². The van der Waals surface area contributed by atoms with Crippen molar-refractivity contribution >= 4 is 12.0 Å². The number of nitrogens with one attached hydrogen (secondary N) is 2. The second-order valence-corrected chi connectivity index (χ2v) is 4.90. The third kappa shape index (κ3) is 3.89. The van der Waals surface area contributed by atoms with Crippen LogP contribution in [0.3, 0.4) is 0 Å². The summed E-state index contributed by atoms with van der Waals surface area (Å²) < 4.78 is 10.2. The van der Waals surface area contributed by atoms with E-state index in [4.69, 9.17) is 9.15 Å². The number of hydrogen-bond acceptors (Lipinski definition) is 5. The Morgan fingerprint density at radius 2 is 2.17 bits per heavy atom. The van der Waals surface area contributed by atoms with Gasteiger partial charge in [0, 0.05) is 11.6 Å². The van der Waals surface area contributed by atoms with Crippen LogP contribution in [-0.2, 0) is 11.3 Å². The van der Waals surface area contributed by atoms with E-state index in [0.29, 0.717) is 17.4 Å². The van der Waals surface area contributed by atoms with Gasteiger partial charge in [0.2, 0.25) is 5.91 Å². The number of nitrogens with zero attached hydrogens (tertiary/aromatic N) is 2. The van der Waals surface area contributed by atoms with Gasteiger partial charge in [-0.3, -0.25) is 9.89 Å². The van der Waals surface area contributed by atoms with E-state index < -0.39 is 0 Å². The molecule has 7 heteroatoms. The van der Waals surface area contributed by atoms with Gasteiger partial charge in [-0.1, -0.05) is 0 Å². The molecule has 1 amide bonds. The van der Waals surface area contributed by atoms with Crippen molar-refractivity contribution in [1.29, 1.82) is 0 Å². The van der Waals surface area contributed by atoms with Crippen LogP contribution < -0.4 is 10.1 Å². The maximum Gasteiger partial charge on any atom is 0.244 e. The van der Waals surface area contributed by atoms with Gasteiger partial charge >= 0.3 is 0 Å². The molecule has 7 nitrogen and oxygen atoms in total. The Morgan fingerprint density at radius 1 is 1.33 bits per heavy atom. The zero-order valence-corrected chi connectivity index (χ0v) is 13.0. The summed E-state index contributed by atoms with van der Waals surface area (Å²) in [7, 11) is 1.61. The van der Waals surface area contributed by atoms with Crippen molar-refractivity contribution in [3.63, 3.8) is 0 Å². The highest BCUT2D eigenvalue weighted by molar-refractivity contribution is 5.91. The first-order chi connectivity index (χ1) is 11.7. The predicted molar refractivity (Wildman–Crippen MR) is 88.0 cm³/mol. The first kappa shape index (κ1) is 15.5. The highest BCUT2D eigenvalue weighted by atomic mass is 16.5. The van der Waals surface area contributed by atoms with E-state index in [1.165, 1.54) is 6.08 Å². The number of H-pyrrole nitrogens is 1. The molecular weight excluding hydrogens is 308 g/mol. The van der Waals surface area contributed by atoms with Crippen LogP contribution in [0.1, 0.15) is 11.6 Å². The summed E-state index contributed by atoms with van der Waals surface area (Å²) in [5, 5.41) is 9.68. The van der Waals surface area contributed by atoms with E-state index in [-0.39, 0.29) is 12.5 Å². The summed E-state index contributed by atoms with van der Waals surface area (Å²) in [4.78, 5) is 16.1. The molecular formula is C17H16N4O3. The lowest BCUT2D eigenvalue weighted by atomic mass is 10.2. The van der Waals surface area contributed by atoms with Crippen molar-refractivity contribution in [3.05, 3.63) is 60.3 Å². The average molecular weight is 324 g/mol. The zero-order chi connectivity index (χ0) is 16.8. The lowest BCUT2D eigenvalue weighted by Gasteiger charge is -1.99. The molecule has 0 fully saturated rings. The molecule has 0 aliphatic carbocycles. The number of hydrogen-bond donors (Lipinski definition) is 2. The number of furan rings is 1. The van der Waals surface area contributed by atoms with Crippen LogP contribution in [0.4, 0.5) is 0 Å². The molecule has 0 spiro atoms. The molecule has 0 bridgehead atoms. The Balaban J connectivity index is 1.56. The van der Waals surface area contributed by atoms with Gasteiger partial charge < -0.3 is 14.5 Å². The lowest BCUT2D eigenvalue weighted by molar-refractivity contribution is -0.116. The maximum absolute atomic E-state index is 11.7. The van der Waals surface area contributed by atoms with Gasteiger partial charge in [0.1, 0.15) is 17.3 Å². The fourth-order valence-electron chi connectivity index (χ4n) is 2.02. The fraction of sp³-hybridized carbons (Fsp3) is 0.118. The highest BCUT2D eigenvalue weighted by Crippen LogP contribution is 2.18. The van der Waals surface area contributed by atoms with Crippen LogP contribution in [0.15, 0.2) is 53.2 Å². The van der Waals surface area contributed by atoms with Gasteiger partial charge in [-0.05, 0) is 42.5 Å². The maximum atomic E-state index is 11.7. The topological polar surface area (TPSA) is 93.0 Å². The number of benzene rings is 1. The Labute approximate surface area is 138 Å². The number of carbonyl (C=O) groups excluding carboxylic acids is 1. The van der Waals surface area contributed by atoms with Crippen molar-refractivity contribution in [1.82, 2.24) is 20.5 Å². The van der Waals surface area contributed by atoms with E-state index in [2.05, 4.69) is 20.5 Å².